The zero-order valence-electron chi connectivity index (χ0n) is 15.3. The Morgan fingerprint density at radius 3 is 2.72 bits per heavy atom. The molecule has 2 aliphatic heterocycles. The summed E-state index contributed by atoms with van der Waals surface area (Å²) >= 11 is 0. The van der Waals surface area contributed by atoms with Gasteiger partial charge in [0.25, 0.3) is 11.6 Å². The lowest BCUT2D eigenvalue weighted by molar-refractivity contribution is -0.384. The predicted molar refractivity (Wildman–Crippen MR) is 102 cm³/mol. The van der Waals surface area contributed by atoms with E-state index in [0.29, 0.717) is 24.7 Å². The van der Waals surface area contributed by atoms with E-state index < -0.39 is 33.9 Å². The number of nitrogens with one attached hydrogen (secondary N) is 1. The van der Waals surface area contributed by atoms with Gasteiger partial charge < -0.3 is 9.88 Å². The maximum atomic E-state index is 13.6. The van der Waals surface area contributed by atoms with Gasteiger partial charge in [0, 0.05) is 17.4 Å². The molecule has 1 aromatic heterocycles. The average Bonchev–Trinajstić information content (AvgIpc) is 3.17. The van der Waals surface area contributed by atoms with Crippen molar-refractivity contribution < 1.29 is 18.9 Å². The second-order valence-electron chi connectivity index (χ2n) is 7.31. The number of hydrogen-bond acceptors (Lipinski definition) is 4. The number of hydrogen-bond donors (Lipinski definition) is 1. The molecule has 0 saturated carbocycles. The average molecular weight is 394 g/mol. The Morgan fingerprint density at radius 2 is 1.97 bits per heavy atom. The van der Waals surface area contributed by atoms with Crippen molar-refractivity contribution in [2.75, 3.05) is 11.4 Å². The Labute approximate surface area is 163 Å². The molecule has 29 heavy (non-hydrogen) atoms. The van der Waals surface area contributed by atoms with Crippen LogP contribution < -0.4 is 4.90 Å². The summed E-state index contributed by atoms with van der Waals surface area (Å²) in [5, 5.41) is 12.4. The van der Waals surface area contributed by atoms with Crippen LogP contribution in [0.25, 0.3) is 10.9 Å². The largest absolute Gasteiger partial charge is 0.356 e. The number of anilines is 1. The number of rotatable bonds is 2. The Morgan fingerprint density at radius 1 is 1.21 bits per heavy atom. The molecule has 2 aliphatic rings. The third kappa shape index (κ3) is 2.12. The number of nitro groups is 1. The molecule has 1 saturated heterocycles. The van der Waals surface area contributed by atoms with Crippen LogP contribution in [0, 0.1) is 15.9 Å². The van der Waals surface area contributed by atoms with Crippen molar-refractivity contribution in [3.05, 3.63) is 69.7 Å². The summed E-state index contributed by atoms with van der Waals surface area (Å²) in [7, 11) is 0. The van der Waals surface area contributed by atoms with Crippen molar-refractivity contribution in [2.24, 2.45) is 0 Å². The lowest BCUT2D eigenvalue weighted by Crippen LogP contribution is -2.49. The molecule has 0 bridgehead atoms. The van der Waals surface area contributed by atoms with Crippen LogP contribution in [0.15, 0.2) is 42.5 Å². The first kappa shape index (κ1) is 17.4. The number of imide groups is 1. The highest BCUT2D eigenvalue weighted by molar-refractivity contribution is 6.24. The van der Waals surface area contributed by atoms with Gasteiger partial charge in [0.1, 0.15) is 11.5 Å². The number of urea groups is 1. The maximum absolute atomic E-state index is 13.6. The first-order valence-corrected chi connectivity index (χ1v) is 9.04. The van der Waals surface area contributed by atoms with Gasteiger partial charge in [0.15, 0.2) is 5.54 Å². The number of benzene rings is 2. The van der Waals surface area contributed by atoms with Gasteiger partial charge >= 0.3 is 6.03 Å². The summed E-state index contributed by atoms with van der Waals surface area (Å²) in [6, 6.07) is 9.77. The van der Waals surface area contributed by atoms with Crippen molar-refractivity contribution in [1.82, 2.24) is 9.88 Å². The van der Waals surface area contributed by atoms with E-state index in [1.165, 1.54) is 4.90 Å². The van der Waals surface area contributed by atoms with Gasteiger partial charge in [-0.3, -0.25) is 14.9 Å². The smallest absolute Gasteiger partial charge is 0.332 e. The standard InChI is InChI=1S/C20H15FN4O4/c1-20-17-13(12-4-2-3-5-14(12)22-17)8-9-23(20)19(27)24(18(20)26)15-7-6-11(21)10-16(15)25(28)29/h2-7,10,22H,8-9H2,1H3/t20-/m1/s1. The van der Waals surface area contributed by atoms with Crippen LogP contribution in [0.3, 0.4) is 0 Å². The van der Waals surface area contributed by atoms with E-state index in [1.807, 2.05) is 24.3 Å². The van der Waals surface area contributed by atoms with Gasteiger partial charge in [-0.05, 0) is 37.1 Å². The van der Waals surface area contributed by atoms with Crippen LogP contribution in [0.2, 0.25) is 0 Å². The molecule has 0 spiro atoms. The van der Waals surface area contributed by atoms with Gasteiger partial charge in [-0.25, -0.2) is 14.1 Å². The summed E-state index contributed by atoms with van der Waals surface area (Å²) in [4.78, 5) is 42.7. The normalized spacial score (nSPS) is 20.9. The molecule has 1 fully saturated rings. The molecule has 5 rings (SSSR count). The van der Waals surface area contributed by atoms with E-state index in [1.54, 1.807) is 6.92 Å². The molecule has 1 N–H and O–H groups in total. The molecule has 3 heterocycles. The van der Waals surface area contributed by atoms with Crippen molar-refractivity contribution in [3.8, 4) is 0 Å². The number of carbonyl (C=O) groups is 2. The minimum absolute atomic E-state index is 0.236. The van der Waals surface area contributed by atoms with Gasteiger partial charge in [-0.2, -0.15) is 0 Å². The molecular formula is C20H15FN4O4. The number of nitrogens with zero attached hydrogens (tertiary/aromatic N) is 3. The Hall–Kier alpha value is -3.75. The van der Waals surface area contributed by atoms with Gasteiger partial charge in [0.2, 0.25) is 0 Å². The van der Waals surface area contributed by atoms with Crippen LogP contribution >= 0.6 is 0 Å². The Balaban J connectivity index is 1.71. The molecule has 1 atom stereocenters. The zero-order chi connectivity index (χ0) is 20.5. The first-order valence-electron chi connectivity index (χ1n) is 9.04. The highest BCUT2D eigenvalue weighted by Gasteiger charge is 2.59. The van der Waals surface area contributed by atoms with Crippen LogP contribution in [0.5, 0.6) is 0 Å². The first-order chi connectivity index (χ1) is 13.8. The summed E-state index contributed by atoms with van der Waals surface area (Å²) in [5.41, 5.74) is 0.219. The quantitative estimate of drug-likeness (QED) is 0.409. The topological polar surface area (TPSA) is 99.6 Å². The summed E-state index contributed by atoms with van der Waals surface area (Å²) in [5.74, 6) is -1.42. The predicted octanol–water partition coefficient (Wildman–Crippen LogP) is 3.46. The van der Waals surface area contributed by atoms with Crippen LogP contribution in [0.1, 0.15) is 18.2 Å². The Kier molecular flexibility index (Phi) is 3.37. The van der Waals surface area contributed by atoms with E-state index in [-0.39, 0.29) is 5.69 Å². The number of carbonyl (C=O) groups excluding carboxylic acids is 2. The molecule has 0 unspecified atom stereocenters. The van der Waals surface area contributed by atoms with Crippen molar-refractivity contribution in [2.45, 2.75) is 18.9 Å². The highest BCUT2D eigenvalue weighted by atomic mass is 19.1. The van der Waals surface area contributed by atoms with E-state index in [2.05, 4.69) is 4.98 Å². The van der Waals surface area contributed by atoms with Gasteiger partial charge in [-0.15, -0.1) is 0 Å². The third-order valence-corrected chi connectivity index (χ3v) is 5.84. The Bertz CT molecular complexity index is 1240. The lowest BCUT2D eigenvalue weighted by atomic mass is 9.87. The number of fused-ring (bicyclic) bond motifs is 5. The third-order valence-electron chi connectivity index (χ3n) is 5.84. The molecular weight excluding hydrogens is 379 g/mol. The van der Waals surface area contributed by atoms with E-state index >= 15 is 0 Å². The molecule has 2 aromatic carbocycles. The van der Waals surface area contributed by atoms with Gasteiger partial charge in [-0.1, -0.05) is 18.2 Å². The van der Waals surface area contributed by atoms with Crippen LogP contribution in [-0.2, 0) is 16.8 Å². The summed E-state index contributed by atoms with van der Waals surface area (Å²) < 4.78 is 13.6. The van der Waals surface area contributed by atoms with E-state index in [0.717, 1.165) is 33.5 Å². The molecule has 9 heteroatoms. The molecule has 3 amide bonds. The maximum Gasteiger partial charge on any atom is 0.332 e. The molecule has 0 radical (unpaired) electrons. The molecule has 8 nitrogen and oxygen atoms in total. The highest BCUT2D eigenvalue weighted by Crippen LogP contribution is 2.46. The van der Waals surface area contributed by atoms with Crippen molar-refractivity contribution >= 4 is 34.2 Å². The monoisotopic (exact) mass is 394 g/mol. The van der Waals surface area contributed by atoms with E-state index in [9.17, 15) is 24.1 Å². The van der Waals surface area contributed by atoms with Crippen molar-refractivity contribution in [3.63, 3.8) is 0 Å². The SMILES string of the molecule is C[C@@]12C(=O)N(c3ccc(F)cc3[N+](=O)[O-])C(=O)N1CCc1c2[nH]c2ccccc12. The minimum atomic E-state index is -1.33. The number of nitro benzene ring substituents is 1. The molecule has 3 aromatic rings. The van der Waals surface area contributed by atoms with Gasteiger partial charge in [0.05, 0.1) is 16.7 Å². The van der Waals surface area contributed by atoms with Crippen molar-refractivity contribution in [1.29, 1.82) is 0 Å². The zero-order valence-corrected chi connectivity index (χ0v) is 15.3. The number of aromatic amines is 1. The number of aromatic nitrogens is 1. The fourth-order valence-corrected chi connectivity index (χ4v) is 4.44. The number of para-hydroxylation sites is 1. The lowest BCUT2D eigenvalue weighted by Gasteiger charge is -2.35. The number of amides is 3. The second-order valence-corrected chi connectivity index (χ2v) is 7.31. The molecule has 0 aliphatic carbocycles. The summed E-state index contributed by atoms with van der Waals surface area (Å²) in [6.07, 6.45) is 0.549. The number of halogens is 1. The van der Waals surface area contributed by atoms with Crippen LogP contribution in [-0.4, -0.2) is 33.3 Å². The second kappa shape index (κ2) is 5.63. The molecule has 146 valence electrons. The van der Waals surface area contributed by atoms with E-state index in [4.69, 9.17) is 0 Å². The van der Waals surface area contributed by atoms with Crippen LogP contribution in [0.4, 0.5) is 20.6 Å². The minimum Gasteiger partial charge on any atom is -0.356 e. The summed E-state index contributed by atoms with van der Waals surface area (Å²) in [6.45, 7) is 1.93. The number of H-pyrrole nitrogens is 1. The fraction of sp³-hybridized carbons (Fsp3) is 0.200. The fourth-order valence-electron chi connectivity index (χ4n) is 4.44.